The SMILES string of the molecule is OCc1ccc(I)c(Br)c1F. The fraction of sp³-hybridized carbons (Fsp3) is 0.143. The standard InChI is InChI=1S/C7H5BrFIO/c8-6-5(10)2-1-4(3-11)7(6)9/h1-2,11H,3H2. The first-order chi connectivity index (χ1) is 5.16. The number of aliphatic hydroxyl groups excluding tert-OH is 1. The molecule has 0 aliphatic rings. The monoisotopic (exact) mass is 330 g/mol. The third-order valence-electron chi connectivity index (χ3n) is 1.29. The molecule has 0 atom stereocenters. The maximum absolute atomic E-state index is 13.1. The van der Waals surface area contributed by atoms with Gasteiger partial charge in [-0.1, -0.05) is 6.07 Å². The molecule has 0 aliphatic heterocycles. The summed E-state index contributed by atoms with van der Waals surface area (Å²) in [6, 6.07) is 3.32. The molecule has 0 heterocycles. The van der Waals surface area contributed by atoms with Crippen molar-refractivity contribution < 1.29 is 9.50 Å². The van der Waals surface area contributed by atoms with Crippen LogP contribution < -0.4 is 0 Å². The Kier molecular flexibility index (Phi) is 3.27. The maximum atomic E-state index is 13.1. The van der Waals surface area contributed by atoms with E-state index in [2.05, 4.69) is 15.9 Å². The van der Waals surface area contributed by atoms with Crippen LogP contribution in [0.1, 0.15) is 5.56 Å². The zero-order valence-corrected chi connectivity index (χ0v) is 9.19. The number of aliphatic hydroxyl groups is 1. The first-order valence-corrected chi connectivity index (χ1v) is 4.77. The Morgan fingerprint density at radius 1 is 1.55 bits per heavy atom. The van der Waals surface area contributed by atoms with Crippen molar-refractivity contribution in [3.05, 3.63) is 31.6 Å². The maximum Gasteiger partial charge on any atom is 0.143 e. The third-order valence-corrected chi connectivity index (χ3v) is 3.70. The van der Waals surface area contributed by atoms with Crippen LogP contribution in [0.25, 0.3) is 0 Å². The molecule has 0 aromatic heterocycles. The van der Waals surface area contributed by atoms with Crippen LogP contribution in [0.5, 0.6) is 0 Å². The summed E-state index contributed by atoms with van der Waals surface area (Å²) in [5, 5.41) is 8.67. The lowest BCUT2D eigenvalue weighted by atomic mass is 10.2. The summed E-state index contributed by atoms with van der Waals surface area (Å²) in [7, 11) is 0. The van der Waals surface area contributed by atoms with Gasteiger partial charge in [-0.25, -0.2) is 4.39 Å². The highest BCUT2D eigenvalue weighted by molar-refractivity contribution is 14.1. The average Bonchev–Trinajstić information content (AvgIpc) is 2.01. The van der Waals surface area contributed by atoms with Crippen LogP contribution in [0, 0.1) is 9.39 Å². The summed E-state index contributed by atoms with van der Waals surface area (Å²) in [6.45, 7) is -0.263. The van der Waals surface area contributed by atoms with Gasteiger partial charge in [-0.05, 0) is 44.6 Å². The lowest BCUT2D eigenvalue weighted by Crippen LogP contribution is -1.92. The van der Waals surface area contributed by atoms with E-state index in [1.807, 2.05) is 22.6 Å². The molecule has 0 saturated heterocycles. The highest BCUT2D eigenvalue weighted by Gasteiger charge is 2.07. The second kappa shape index (κ2) is 3.82. The van der Waals surface area contributed by atoms with E-state index in [9.17, 15) is 4.39 Å². The molecular weight excluding hydrogens is 326 g/mol. The van der Waals surface area contributed by atoms with Crippen molar-refractivity contribution in [3.8, 4) is 0 Å². The Labute approximate surface area is 85.9 Å². The molecule has 0 bridgehead atoms. The van der Waals surface area contributed by atoms with Crippen LogP contribution in [0.4, 0.5) is 4.39 Å². The van der Waals surface area contributed by atoms with E-state index >= 15 is 0 Å². The van der Waals surface area contributed by atoms with Crippen LogP contribution in [0.2, 0.25) is 0 Å². The number of rotatable bonds is 1. The third kappa shape index (κ3) is 1.91. The van der Waals surface area contributed by atoms with Gasteiger partial charge in [0.05, 0.1) is 11.1 Å². The van der Waals surface area contributed by atoms with E-state index in [4.69, 9.17) is 5.11 Å². The predicted molar refractivity (Wildman–Crippen MR) is 52.7 cm³/mol. The second-order valence-electron chi connectivity index (χ2n) is 1.99. The first kappa shape index (κ1) is 9.41. The lowest BCUT2D eigenvalue weighted by Gasteiger charge is -2.02. The van der Waals surface area contributed by atoms with Crippen LogP contribution >= 0.6 is 38.5 Å². The average molecular weight is 331 g/mol. The van der Waals surface area contributed by atoms with Crippen molar-refractivity contribution in [3.63, 3.8) is 0 Å². The van der Waals surface area contributed by atoms with Crippen molar-refractivity contribution in [2.24, 2.45) is 0 Å². The molecule has 0 saturated carbocycles. The van der Waals surface area contributed by atoms with Gasteiger partial charge in [0.1, 0.15) is 5.82 Å². The van der Waals surface area contributed by atoms with Crippen LogP contribution in [-0.4, -0.2) is 5.11 Å². The molecule has 1 rings (SSSR count). The molecule has 1 aromatic carbocycles. The molecule has 0 amide bonds. The summed E-state index contributed by atoms with van der Waals surface area (Å²) in [6.07, 6.45) is 0. The predicted octanol–water partition coefficient (Wildman–Crippen LogP) is 2.69. The lowest BCUT2D eigenvalue weighted by molar-refractivity contribution is 0.275. The minimum absolute atomic E-state index is 0.263. The Bertz CT molecular complexity index is 277. The van der Waals surface area contributed by atoms with Crippen LogP contribution in [-0.2, 0) is 6.61 Å². The molecule has 0 aliphatic carbocycles. The fourth-order valence-electron chi connectivity index (χ4n) is 0.688. The minimum Gasteiger partial charge on any atom is -0.392 e. The topological polar surface area (TPSA) is 20.2 Å². The van der Waals surface area contributed by atoms with Crippen LogP contribution in [0.3, 0.4) is 0 Å². The zero-order valence-electron chi connectivity index (χ0n) is 5.44. The molecule has 4 heteroatoms. The zero-order chi connectivity index (χ0) is 8.43. The van der Waals surface area contributed by atoms with E-state index < -0.39 is 0 Å². The smallest absolute Gasteiger partial charge is 0.143 e. The number of hydrogen-bond donors (Lipinski definition) is 1. The van der Waals surface area contributed by atoms with Gasteiger partial charge in [0.15, 0.2) is 0 Å². The second-order valence-corrected chi connectivity index (χ2v) is 3.95. The summed E-state index contributed by atoms with van der Waals surface area (Å²) < 4.78 is 14.3. The number of halogens is 3. The van der Waals surface area contributed by atoms with Crippen LogP contribution in [0.15, 0.2) is 16.6 Å². The molecule has 1 N–H and O–H groups in total. The first-order valence-electron chi connectivity index (χ1n) is 2.90. The normalized spacial score (nSPS) is 10.2. The molecule has 11 heavy (non-hydrogen) atoms. The highest BCUT2D eigenvalue weighted by Crippen LogP contribution is 2.24. The Balaban J connectivity index is 3.25. The van der Waals surface area contributed by atoms with E-state index in [1.54, 1.807) is 12.1 Å². The minimum atomic E-state index is -0.376. The Morgan fingerprint density at radius 3 is 2.73 bits per heavy atom. The van der Waals surface area contributed by atoms with Crippen molar-refractivity contribution >= 4 is 38.5 Å². The van der Waals surface area contributed by atoms with E-state index in [0.29, 0.717) is 10.0 Å². The van der Waals surface area contributed by atoms with Crippen molar-refractivity contribution in [1.82, 2.24) is 0 Å². The van der Waals surface area contributed by atoms with Crippen molar-refractivity contribution in [1.29, 1.82) is 0 Å². The van der Waals surface area contributed by atoms with Gasteiger partial charge in [0, 0.05) is 9.13 Å². The molecule has 1 nitrogen and oxygen atoms in total. The summed E-state index contributed by atoms with van der Waals surface area (Å²) in [5.41, 5.74) is 0.317. The molecular formula is C7H5BrFIO. The van der Waals surface area contributed by atoms with Gasteiger partial charge in [-0.15, -0.1) is 0 Å². The molecule has 0 spiro atoms. The van der Waals surface area contributed by atoms with Crippen molar-refractivity contribution in [2.75, 3.05) is 0 Å². The Hall–Kier alpha value is 0.320. The van der Waals surface area contributed by atoms with Gasteiger partial charge < -0.3 is 5.11 Å². The molecule has 0 unspecified atom stereocenters. The van der Waals surface area contributed by atoms with Gasteiger partial charge in [0.25, 0.3) is 0 Å². The van der Waals surface area contributed by atoms with E-state index in [0.717, 1.165) is 3.57 Å². The highest BCUT2D eigenvalue weighted by atomic mass is 127. The Morgan fingerprint density at radius 2 is 2.18 bits per heavy atom. The number of benzene rings is 1. The molecule has 1 aromatic rings. The van der Waals surface area contributed by atoms with E-state index in [1.165, 1.54) is 0 Å². The van der Waals surface area contributed by atoms with Crippen molar-refractivity contribution in [2.45, 2.75) is 6.61 Å². The van der Waals surface area contributed by atoms with Gasteiger partial charge in [-0.3, -0.25) is 0 Å². The summed E-state index contributed by atoms with van der Waals surface area (Å²) >= 11 is 5.09. The van der Waals surface area contributed by atoms with Gasteiger partial charge in [-0.2, -0.15) is 0 Å². The molecule has 0 radical (unpaired) electrons. The summed E-state index contributed by atoms with van der Waals surface area (Å²) in [5.74, 6) is -0.376. The quantitative estimate of drug-likeness (QED) is 0.620. The fourth-order valence-corrected chi connectivity index (χ4v) is 1.49. The van der Waals surface area contributed by atoms with Gasteiger partial charge >= 0.3 is 0 Å². The molecule has 0 fully saturated rings. The largest absolute Gasteiger partial charge is 0.392 e. The molecule has 60 valence electrons. The number of hydrogen-bond acceptors (Lipinski definition) is 1. The van der Waals surface area contributed by atoms with Gasteiger partial charge in [0.2, 0.25) is 0 Å². The summed E-state index contributed by atoms with van der Waals surface area (Å²) in [4.78, 5) is 0. The van der Waals surface area contributed by atoms with E-state index in [-0.39, 0.29) is 12.4 Å².